The zero-order chi connectivity index (χ0) is 8.72. The minimum Gasteiger partial charge on any atom is -0.388 e. The molecule has 1 aliphatic carbocycles. The van der Waals surface area contributed by atoms with Crippen LogP contribution in [0.25, 0.3) is 0 Å². The van der Waals surface area contributed by atoms with E-state index in [1.807, 2.05) is 0 Å². The van der Waals surface area contributed by atoms with Gasteiger partial charge in [-0.25, -0.2) is 0 Å². The third-order valence-corrected chi connectivity index (χ3v) is 2.68. The van der Waals surface area contributed by atoms with Crippen LogP contribution in [0.15, 0.2) is 12.1 Å². The lowest BCUT2D eigenvalue weighted by atomic mass is 10.0. The Morgan fingerprint density at radius 1 is 1.33 bits per heavy atom. The first-order valence-corrected chi connectivity index (χ1v) is 4.46. The van der Waals surface area contributed by atoms with Gasteiger partial charge in [0.05, 0.1) is 6.10 Å². The summed E-state index contributed by atoms with van der Waals surface area (Å²) in [6, 6.07) is 4.30. The van der Waals surface area contributed by atoms with Gasteiger partial charge in [0.2, 0.25) is 0 Å². The van der Waals surface area contributed by atoms with E-state index in [0.29, 0.717) is 0 Å². The van der Waals surface area contributed by atoms with Gasteiger partial charge in [0.15, 0.2) is 0 Å². The predicted octanol–water partition coefficient (Wildman–Crippen LogP) is 2.28. The van der Waals surface area contributed by atoms with Crippen LogP contribution in [0.2, 0.25) is 0 Å². The van der Waals surface area contributed by atoms with Crippen LogP contribution in [0.4, 0.5) is 0 Å². The number of aliphatic hydroxyl groups is 1. The molecule has 2 rings (SSSR count). The average Bonchev–Trinajstić information content (AvgIpc) is 2.33. The molecule has 1 aromatic carbocycles. The fraction of sp³-hybridized carbons (Fsp3) is 0.455. The lowest BCUT2D eigenvalue weighted by Gasteiger charge is -2.07. The molecular formula is C11H14O. The molecule has 1 atom stereocenters. The highest BCUT2D eigenvalue weighted by Gasteiger charge is 2.21. The molecule has 1 unspecified atom stereocenters. The van der Waals surface area contributed by atoms with Crippen LogP contribution in [0.5, 0.6) is 0 Å². The Kier molecular flexibility index (Phi) is 1.69. The molecule has 0 aromatic heterocycles. The highest BCUT2D eigenvalue weighted by Crippen LogP contribution is 2.33. The number of rotatable bonds is 0. The Morgan fingerprint density at radius 2 is 2.08 bits per heavy atom. The summed E-state index contributed by atoms with van der Waals surface area (Å²) in [6.45, 7) is 4.21. The minimum absolute atomic E-state index is 0.210. The second-order valence-electron chi connectivity index (χ2n) is 3.70. The van der Waals surface area contributed by atoms with E-state index in [1.165, 1.54) is 16.7 Å². The summed E-state index contributed by atoms with van der Waals surface area (Å²) in [5.41, 5.74) is 5.12. The summed E-state index contributed by atoms with van der Waals surface area (Å²) < 4.78 is 0. The standard InChI is InChI=1S/C11H14O/c1-7-5-8(2)9-3-4-11(12)10(9)6-7/h5-6,11-12H,3-4H2,1-2H3. The molecule has 0 amide bonds. The fourth-order valence-corrected chi connectivity index (χ4v) is 2.11. The Hall–Kier alpha value is -0.820. The number of hydrogen-bond acceptors (Lipinski definition) is 1. The van der Waals surface area contributed by atoms with Crippen LogP contribution in [-0.2, 0) is 6.42 Å². The van der Waals surface area contributed by atoms with Crippen molar-refractivity contribution in [2.75, 3.05) is 0 Å². The highest BCUT2D eigenvalue weighted by atomic mass is 16.3. The van der Waals surface area contributed by atoms with Gasteiger partial charge in [0.25, 0.3) is 0 Å². The second kappa shape index (κ2) is 2.60. The maximum absolute atomic E-state index is 9.63. The van der Waals surface area contributed by atoms with Gasteiger partial charge in [-0.3, -0.25) is 0 Å². The Bertz CT molecular complexity index is 315. The third-order valence-electron chi connectivity index (χ3n) is 2.68. The molecule has 0 bridgehead atoms. The number of benzene rings is 1. The topological polar surface area (TPSA) is 20.2 Å². The van der Waals surface area contributed by atoms with Crippen molar-refractivity contribution in [1.29, 1.82) is 0 Å². The molecule has 0 radical (unpaired) electrons. The Balaban J connectivity index is 2.60. The number of aliphatic hydroxyl groups excluding tert-OH is 1. The second-order valence-corrected chi connectivity index (χ2v) is 3.70. The van der Waals surface area contributed by atoms with E-state index in [4.69, 9.17) is 0 Å². The highest BCUT2D eigenvalue weighted by molar-refractivity contribution is 5.42. The van der Waals surface area contributed by atoms with Gasteiger partial charge in [-0.2, -0.15) is 0 Å². The van der Waals surface area contributed by atoms with Crippen molar-refractivity contribution in [2.45, 2.75) is 32.8 Å². The quantitative estimate of drug-likeness (QED) is 0.620. The van der Waals surface area contributed by atoms with Crippen LogP contribution < -0.4 is 0 Å². The van der Waals surface area contributed by atoms with E-state index in [2.05, 4.69) is 26.0 Å². The molecule has 1 heteroatoms. The molecule has 1 aromatic rings. The lowest BCUT2D eigenvalue weighted by molar-refractivity contribution is 0.180. The summed E-state index contributed by atoms with van der Waals surface area (Å²) in [5, 5.41) is 9.63. The summed E-state index contributed by atoms with van der Waals surface area (Å²) in [6.07, 6.45) is 1.74. The van der Waals surface area contributed by atoms with Crippen LogP contribution in [0.3, 0.4) is 0 Å². The van der Waals surface area contributed by atoms with Crippen LogP contribution >= 0.6 is 0 Å². The fourth-order valence-electron chi connectivity index (χ4n) is 2.11. The number of hydrogen-bond donors (Lipinski definition) is 1. The first-order valence-electron chi connectivity index (χ1n) is 4.46. The monoisotopic (exact) mass is 162 g/mol. The third kappa shape index (κ3) is 1.05. The molecule has 0 saturated carbocycles. The molecule has 0 saturated heterocycles. The molecule has 0 spiro atoms. The van der Waals surface area contributed by atoms with E-state index in [0.717, 1.165) is 18.4 Å². The zero-order valence-electron chi connectivity index (χ0n) is 7.59. The minimum atomic E-state index is -0.210. The lowest BCUT2D eigenvalue weighted by Crippen LogP contribution is -1.92. The SMILES string of the molecule is Cc1cc(C)c2c(c1)C(O)CC2. The van der Waals surface area contributed by atoms with Gasteiger partial charge in [0.1, 0.15) is 0 Å². The van der Waals surface area contributed by atoms with Crippen molar-refractivity contribution in [3.05, 3.63) is 34.4 Å². The molecule has 12 heavy (non-hydrogen) atoms. The maximum atomic E-state index is 9.63. The molecule has 1 N–H and O–H groups in total. The first kappa shape index (κ1) is 7.81. The van der Waals surface area contributed by atoms with Gasteiger partial charge < -0.3 is 5.11 Å². The Morgan fingerprint density at radius 3 is 2.83 bits per heavy atom. The Labute approximate surface area is 73.0 Å². The molecule has 0 fully saturated rings. The van der Waals surface area contributed by atoms with Crippen LogP contribution in [0, 0.1) is 13.8 Å². The van der Waals surface area contributed by atoms with Crippen molar-refractivity contribution in [2.24, 2.45) is 0 Å². The largest absolute Gasteiger partial charge is 0.388 e. The van der Waals surface area contributed by atoms with Crippen molar-refractivity contribution >= 4 is 0 Å². The summed E-state index contributed by atoms with van der Waals surface area (Å²) in [4.78, 5) is 0. The van der Waals surface area contributed by atoms with Gasteiger partial charge in [-0.05, 0) is 43.4 Å². The first-order chi connectivity index (χ1) is 5.68. The smallest absolute Gasteiger partial charge is 0.0796 e. The molecule has 64 valence electrons. The maximum Gasteiger partial charge on any atom is 0.0796 e. The van der Waals surface area contributed by atoms with Gasteiger partial charge in [-0.15, -0.1) is 0 Å². The molecular weight excluding hydrogens is 148 g/mol. The van der Waals surface area contributed by atoms with E-state index in [-0.39, 0.29) is 6.10 Å². The number of fused-ring (bicyclic) bond motifs is 1. The molecule has 1 nitrogen and oxygen atoms in total. The van der Waals surface area contributed by atoms with Crippen molar-refractivity contribution in [3.8, 4) is 0 Å². The van der Waals surface area contributed by atoms with E-state index in [9.17, 15) is 5.11 Å². The normalized spacial score (nSPS) is 21.1. The van der Waals surface area contributed by atoms with E-state index >= 15 is 0 Å². The summed E-state index contributed by atoms with van der Waals surface area (Å²) >= 11 is 0. The van der Waals surface area contributed by atoms with Gasteiger partial charge in [0, 0.05) is 0 Å². The summed E-state index contributed by atoms with van der Waals surface area (Å²) in [7, 11) is 0. The van der Waals surface area contributed by atoms with Crippen molar-refractivity contribution in [1.82, 2.24) is 0 Å². The average molecular weight is 162 g/mol. The molecule has 0 heterocycles. The van der Waals surface area contributed by atoms with Crippen molar-refractivity contribution in [3.63, 3.8) is 0 Å². The molecule has 1 aliphatic rings. The zero-order valence-corrected chi connectivity index (χ0v) is 7.59. The van der Waals surface area contributed by atoms with Gasteiger partial charge >= 0.3 is 0 Å². The van der Waals surface area contributed by atoms with Crippen LogP contribution in [0.1, 0.15) is 34.8 Å². The summed E-state index contributed by atoms with van der Waals surface area (Å²) in [5.74, 6) is 0. The van der Waals surface area contributed by atoms with Gasteiger partial charge in [-0.1, -0.05) is 17.7 Å². The van der Waals surface area contributed by atoms with E-state index in [1.54, 1.807) is 0 Å². The van der Waals surface area contributed by atoms with Crippen molar-refractivity contribution < 1.29 is 5.11 Å². The van der Waals surface area contributed by atoms with E-state index < -0.39 is 0 Å². The number of aryl methyl sites for hydroxylation is 2. The van der Waals surface area contributed by atoms with Crippen LogP contribution in [-0.4, -0.2) is 5.11 Å². The predicted molar refractivity (Wildman–Crippen MR) is 49.2 cm³/mol. The molecule has 0 aliphatic heterocycles.